The third kappa shape index (κ3) is 6.49. The van der Waals surface area contributed by atoms with Crippen LogP contribution in [0.1, 0.15) is 54.2 Å². The molecule has 3 aromatic rings. The number of anilines is 2. The number of aromatic nitrogens is 2. The van der Waals surface area contributed by atoms with E-state index in [0.29, 0.717) is 42.2 Å². The minimum atomic E-state index is -4.41. The number of amides is 1. The van der Waals surface area contributed by atoms with Crippen LogP contribution in [0.25, 0.3) is 0 Å². The van der Waals surface area contributed by atoms with Crippen molar-refractivity contribution in [3.63, 3.8) is 0 Å². The Bertz CT molecular complexity index is 1470. The van der Waals surface area contributed by atoms with Gasteiger partial charge in [0.25, 0.3) is 15.9 Å². The second-order valence-corrected chi connectivity index (χ2v) is 12.1. The zero-order valence-corrected chi connectivity index (χ0v) is 22.6. The van der Waals surface area contributed by atoms with Gasteiger partial charge in [-0.1, -0.05) is 25.1 Å². The molecule has 2 aromatic heterocycles. The fourth-order valence-corrected chi connectivity index (χ4v) is 5.88. The SMILES string of the molecule is CC1CN(c2ncc(CCc3ccc(C(F)(F)F)cc3)cc2C(=O)NS(=O)(=O)c2cccc(N)n2)C(C)(C)C1. The van der Waals surface area contributed by atoms with Crippen LogP contribution < -0.4 is 15.4 Å². The second kappa shape index (κ2) is 10.5. The van der Waals surface area contributed by atoms with Crippen molar-refractivity contribution in [3.05, 3.63) is 77.0 Å². The highest BCUT2D eigenvalue weighted by molar-refractivity contribution is 7.90. The Labute approximate surface area is 225 Å². The van der Waals surface area contributed by atoms with Crippen molar-refractivity contribution in [3.8, 4) is 0 Å². The van der Waals surface area contributed by atoms with E-state index >= 15 is 0 Å². The van der Waals surface area contributed by atoms with Crippen LogP contribution in [0.2, 0.25) is 0 Å². The molecular formula is C27H30F3N5O3S. The van der Waals surface area contributed by atoms with Gasteiger partial charge >= 0.3 is 6.18 Å². The largest absolute Gasteiger partial charge is 0.416 e. The monoisotopic (exact) mass is 561 g/mol. The number of aryl methyl sites for hydroxylation is 2. The predicted molar refractivity (Wildman–Crippen MR) is 142 cm³/mol. The van der Waals surface area contributed by atoms with Gasteiger partial charge in [0.2, 0.25) is 0 Å². The summed E-state index contributed by atoms with van der Waals surface area (Å²) in [6.45, 7) is 6.79. The number of hydrogen-bond acceptors (Lipinski definition) is 7. The molecule has 1 saturated heterocycles. The Kier molecular flexibility index (Phi) is 7.61. The van der Waals surface area contributed by atoms with Gasteiger partial charge in [-0.2, -0.15) is 21.6 Å². The van der Waals surface area contributed by atoms with Gasteiger partial charge in [0.15, 0.2) is 5.03 Å². The Morgan fingerprint density at radius 1 is 1.13 bits per heavy atom. The molecule has 1 atom stereocenters. The van der Waals surface area contributed by atoms with E-state index in [4.69, 9.17) is 5.73 Å². The number of alkyl halides is 3. The fourth-order valence-electron chi connectivity index (χ4n) is 4.94. The van der Waals surface area contributed by atoms with Crippen molar-refractivity contribution < 1.29 is 26.4 Å². The summed E-state index contributed by atoms with van der Waals surface area (Å²) in [5.74, 6) is -0.188. The van der Waals surface area contributed by atoms with Gasteiger partial charge in [0.05, 0.1) is 11.1 Å². The predicted octanol–water partition coefficient (Wildman–Crippen LogP) is 4.61. The molecule has 12 heteroatoms. The molecule has 4 rings (SSSR count). The van der Waals surface area contributed by atoms with Crippen molar-refractivity contribution in [2.45, 2.75) is 56.8 Å². The smallest absolute Gasteiger partial charge is 0.384 e. The number of rotatable bonds is 7. The minimum Gasteiger partial charge on any atom is -0.384 e. The highest BCUT2D eigenvalue weighted by atomic mass is 32.2. The first kappa shape index (κ1) is 28.3. The van der Waals surface area contributed by atoms with Crippen LogP contribution in [-0.2, 0) is 29.0 Å². The molecule has 3 N–H and O–H groups in total. The van der Waals surface area contributed by atoms with Gasteiger partial charge in [0.1, 0.15) is 11.6 Å². The molecule has 8 nitrogen and oxygen atoms in total. The van der Waals surface area contributed by atoms with Crippen molar-refractivity contribution in [2.24, 2.45) is 5.92 Å². The Hall–Kier alpha value is -3.67. The van der Waals surface area contributed by atoms with E-state index in [1.807, 2.05) is 18.7 Å². The lowest BCUT2D eigenvalue weighted by Crippen LogP contribution is -2.41. The third-order valence-corrected chi connectivity index (χ3v) is 7.96. The van der Waals surface area contributed by atoms with Gasteiger partial charge in [-0.3, -0.25) is 4.79 Å². The topological polar surface area (TPSA) is 118 Å². The van der Waals surface area contributed by atoms with Crippen molar-refractivity contribution in [1.82, 2.24) is 14.7 Å². The molecule has 1 aromatic carbocycles. The molecule has 0 radical (unpaired) electrons. The Balaban J connectivity index is 1.64. The maximum atomic E-state index is 13.4. The van der Waals surface area contributed by atoms with Crippen LogP contribution >= 0.6 is 0 Å². The molecule has 1 fully saturated rings. The second-order valence-electron chi connectivity index (χ2n) is 10.5. The number of carbonyl (C=O) groups is 1. The average Bonchev–Trinajstić information content (AvgIpc) is 3.13. The molecule has 1 aliphatic rings. The van der Waals surface area contributed by atoms with E-state index in [-0.39, 0.29) is 21.9 Å². The molecule has 0 spiro atoms. The number of benzene rings is 1. The number of nitrogen functional groups attached to an aromatic ring is 1. The quantitative estimate of drug-likeness (QED) is 0.433. The van der Waals surface area contributed by atoms with Gasteiger partial charge < -0.3 is 10.6 Å². The zero-order chi connectivity index (χ0) is 28.6. The molecule has 1 amide bonds. The summed E-state index contributed by atoms with van der Waals surface area (Å²) >= 11 is 0. The highest BCUT2D eigenvalue weighted by Crippen LogP contribution is 2.37. The molecule has 1 unspecified atom stereocenters. The first-order chi connectivity index (χ1) is 18.2. The molecule has 208 valence electrons. The molecule has 3 heterocycles. The van der Waals surface area contributed by atoms with Gasteiger partial charge in [-0.15, -0.1) is 0 Å². The number of nitrogens with one attached hydrogen (secondary N) is 1. The van der Waals surface area contributed by atoms with E-state index < -0.39 is 27.7 Å². The highest BCUT2D eigenvalue weighted by Gasteiger charge is 2.39. The number of pyridine rings is 2. The maximum absolute atomic E-state index is 13.4. The summed E-state index contributed by atoms with van der Waals surface area (Å²) < 4.78 is 66.5. The number of sulfonamides is 1. The van der Waals surface area contributed by atoms with Crippen LogP contribution in [-0.4, -0.2) is 36.4 Å². The summed E-state index contributed by atoms with van der Waals surface area (Å²) in [4.78, 5) is 23.8. The Morgan fingerprint density at radius 2 is 1.79 bits per heavy atom. The summed E-state index contributed by atoms with van der Waals surface area (Å²) in [5, 5.41) is -0.390. The number of carbonyl (C=O) groups excluding carboxylic acids is 1. The summed E-state index contributed by atoms with van der Waals surface area (Å²) in [5.41, 5.74) is 5.96. The van der Waals surface area contributed by atoms with Crippen LogP contribution in [0.3, 0.4) is 0 Å². The minimum absolute atomic E-state index is 0.00857. The lowest BCUT2D eigenvalue weighted by atomic mass is 9.97. The van der Waals surface area contributed by atoms with E-state index in [2.05, 4.69) is 21.6 Å². The molecule has 0 aliphatic carbocycles. The number of nitrogens with two attached hydrogens (primary N) is 1. The van der Waals surface area contributed by atoms with E-state index in [1.165, 1.54) is 30.3 Å². The maximum Gasteiger partial charge on any atom is 0.416 e. The number of nitrogens with zero attached hydrogens (tertiary/aromatic N) is 3. The molecule has 0 saturated carbocycles. The summed E-state index contributed by atoms with van der Waals surface area (Å²) in [7, 11) is -4.32. The summed E-state index contributed by atoms with van der Waals surface area (Å²) in [6.07, 6.45) is -1.16. The molecular weight excluding hydrogens is 531 g/mol. The standard InChI is InChI=1S/C27H30F3N5O3S/c1-17-14-26(2,3)35(16-17)24-21(25(36)34-39(37,38)23-6-4-5-22(31)33-23)13-19(15-32-24)8-7-18-9-11-20(12-10-18)27(28,29)30/h4-6,9-13,15,17H,7-8,14,16H2,1-3H3,(H2,31,33)(H,34,36). The normalized spacial score (nSPS) is 17.3. The van der Waals surface area contributed by atoms with Crippen LogP contribution in [0.15, 0.2) is 59.8 Å². The number of halogens is 3. The first-order valence-corrected chi connectivity index (χ1v) is 13.9. The lowest BCUT2D eigenvalue weighted by Gasteiger charge is -2.33. The lowest BCUT2D eigenvalue weighted by molar-refractivity contribution is -0.137. The van der Waals surface area contributed by atoms with Gasteiger partial charge in [0, 0.05) is 18.3 Å². The fraction of sp³-hybridized carbons (Fsp3) is 0.370. The summed E-state index contributed by atoms with van der Waals surface area (Å²) in [6, 6.07) is 10.6. The van der Waals surface area contributed by atoms with E-state index in [9.17, 15) is 26.4 Å². The van der Waals surface area contributed by atoms with Crippen molar-refractivity contribution >= 4 is 27.6 Å². The first-order valence-electron chi connectivity index (χ1n) is 12.4. The van der Waals surface area contributed by atoms with Crippen LogP contribution in [0, 0.1) is 5.92 Å². The van der Waals surface area contributed by atoms with Crippen molar-refractivity contribution in [1.29, 1.82) is 0 Å². The third-order valence-electron chi connectivity index (χ3n) is 6.73. The average molecular weight is 562 g/mol. The van der Waals surface area contributed by atoms with E-state index in [0.717, 1.165) is 18.6 Å². The van der Waals surface area contributed by atoms with Gasteiger partial charge in [-0.05, 0) is 80.5 Å². The van der Waals surface area contributed by atoms with E-state index in [1.54, 1.807) is 12.3 Å². The molecule has 0 bridgehead atoms. The number of hydrogen-bond donors (Lipinski definition) is 2. The van der Waals surface area contributed by atoms with Crippen molar-refractivity contribution in [2.75, 3.05) is 17.2 Å². The molecule has 39 heavy (non-hydrogen) atoms. The van der Waals surface area contributed by atoms with Gasteiger partial charge in [-0.25, -0.2) is 14.7 Å². The molecule has 1 aliphatic heterocycles. The zero-order valence-electron chi connectivity index (χ0n) is 21.8. The Morgan fingerprint density at radius 3 is 2.38 bits per heavy atom. The van der Waals surface area contributed by atoms with Crippen LogP contribution in [0.5, 0.6) is 0 Å². The van der Waals surface area contributed by atoms with Crippen LogP contribution in [0.4, 0.5) is 24.8 Å².